The third-order valence-corrected chi connectivity index (χ3v) is 4.57. The van der Waals surface area contributed by atoms with Gasteiger partial charge in [0.1, 0.15) is 11.6 Å². The molecule has 144 valence electrons. The van der Waals surface area contributed by atoms with E-state index in [2.05, 4.69) is 25.5 Å². The van der Waals surface area contributed by atoms with E-state index in [0.717, 1.165) is 30.4 Å². The second-order valence-electron chi connectivity index (χ2n) is 6.65. The lowest BCUT2D eigenvalue weighted by molar-refractivity contribution is 0.0955. The van der Waals surface area contributed by atoms with E-state index in [1.54, 1.807) is 31.4 Å². The predicted octanol–water partition coefficient (Wildman–Crippen LogP) is 2.63. The molecule has 7 nitrogen and oxygen atoms in total. The van der Waals surface area contributed by atoms with Gasteiger partial charge in [-0.25, -0.2) is 4.98 Å². The van der Waals surface area contributed by atoms with Crippen LogP contribution >= 0.6 is 0 Å². The lowest BCUT2D eigenvalue weighted by Crippen LogP contribution is -2.31. The summed E-state index contributed by atoms with van der Waals surface area (Å²) in [6.45, 7) is 5.12. The summed E-state index contributed by atoms with van der Waals surface area (Å²) in [6.07, 6.45) is 3.71. The minimum Gasteiger partial charge on any atom is -0.497 e. The largest absolute Gasteiger partial charge is 0.497 e. The fourth-order valence-electron chi connectivity index (χ4n) is 3.11. The highest BCUT2D eigenvalue weighted by Crippen LogP contribution is 2.19. The number of rotatable bonds is 7. The van der Waals surface area contributed by atoms with Crippen molar-refractivity contribution in [3.05, 3.63) is 41.6 Å². The van der Waals surface area contributed by atoms with Gasteiger partial charge in [-0.05, 0) is 50.5 Å². The Kier molecular flexibility index (Phi) is 6.46. The van der Waals surface area contributed by atoms with Crippen LogP contribution in [0, 0.1) is 6.92 Å². The van der Waals surface area contributed by atoms with Gasteiger partial charge < -0.3 is 20.3 Å². The molecule has 1 aromatic carbocycles. The number of hydrogen-bond donors (Lipinski definition) is 2. The molecular weight excluding hydrogens is 342 g/mol. The lowest BCUT2D eigenvalue weighted by atomic mass is 10.1. The van der Waals surface area contributed by atoms with Crippen LogP contribution in [0.3, 0.4) is 0 Å². The molecule has 1 amide bonds. The molecule has 0 radical (unpaired) electrons. The fourth-order valence-corrected chi connectivity index (χ4v) is 3.11. The number of amides is 1. The van der Waals surface area contributed by atoms with Gasteiger partial charge in [0.25, 0.3) is 5.91 Å². The van der Waals surface area contributed by atoms with E-state index >= 15 is 0 Å². The van der Waals surface area contributed by atoms with Crippen molar-refractivity contribution in [3.8, 4) is 5.75 Å². The lowest BCUT2D eigenvalue weighted by Gasteiger charge is -2.28. The van der Waals surface area contributed by atoms with E-state index in [1.165, 1.54) is 19.3 Å². The van der Waals surface area contributed by atoms with Crippen LogP contribution in [0.15, 0.2) is 30.3 Å². The van der Waals surface area contributed by atoms with Crippen LogP contribution < -0.4 is 20.3 Å². The summed E-state index contributed by atoms with van der Waals surface area (Å²) >= 11 is 0. The summed E-state index contributed by atoms with van der Waals surface area (Å²) in [7, 11) is 1.60. The summed E-state index contributed by atoms with van der Waals surface area (Å²) < 4.78 is 5.10. The smallest absolute Gasteiger partial charge is 0.251 e. The quantitative estimate of drug-likeness (QED) is 0.731. The molecule has 2 N–H and O–H groups in total. The summed E-state index contributed by atoms with van der Waals surface area (Å²) in [4.78, 5) is 23.5. The first kappa shape index (κ1) is 18.9. The van der Waals surface area contributed by atoms with Gasteiger partial charge in [-0.3, -0.25) is 4.79 Å². The van der Waals surface area contributed by atoms with Gasteiger partial charge in [-0.2, -0.15) is 4.98 Å². The monoisotopic (exact) mass is 369 g/mol. The van der Waals surface area contributed by atoms with Crippen LogP contribution in [0.5, 0.6) is 5.75 Å². The van der Waals surface area contributed by atoms with Gasteiger partial charge in [0, 0.05) is 43.5 Å². The standard InChI is InChI=1S/C20H27N5O2/c1-15-14-18(25-12-4-3-5-13-25)24-20(23-15)22-11-10-21-19(26)16-6-8-17(27-2)9-7-16/h6-9,14H,3-5,10-13H2,1-2H3,(H,21,26)(H,22,23,24). The molecule has 1 aliphatic rings. The zero-order chi connectivity index (χ0) is 19.1. The molecule has 0 unspecified atom stereocenters. The van der Waals surface area contributed by atoms with Crippen molar-refractivity contribution in [2.75, 3.05) is 43.5 Å². The van der Waals surface area contributed by atoms with E-state index in [0.29, 0.717) is 24.6 Å². The Morgan fingerprint density at radius 1 is 1.11 bits per heavy atom. The highest BCUT2D eigenvalue weighted by Gasteiger charge is 2.13. The number of carbonyl (C=O) groups excluding carboxylic acids is 1. The number of hydrogen-bond acceptors (Lipinski definition) is 6. The number of ether oxygens (including phenoxy) is 1. The Morgan fingerprint density at radius 3 is 2.56 bits per heavy atom. The third-order valence-electron chi connectivity index (χ3n) is 4.57. The Balaban J connectivity index is 1.49. The Labute approximate surface area is 160 Å². The van der Waals surface area contributed by atoms with E-state index in [4.69, 9.17) is 4.74 Å². The minimum atomic E-state index is -0.112. The van der Waals surface area contributed by atoms with Crippen LogP contribution in [-0.2, 0) is 0 Å². The maximum absolute atomic E-state index is 12.2. The van der Waals surface area contributed by atoms with Crippen molar-refractivity contribution in [3.63, 3.8) is 0 Å². The van der Waals surface area contributed by atoms with Crippen molar-refractivity contribution in [1.29, 1.82) is 0 Å². The van der Waals surface area contributed by atoms with Gasteiger partial charge in [-0.1, -0.05) is 0 Å². The molecule has 0 spiro atoms. The molecule has 27 heavy (non-hydrogen) atoms. The number of piperidine rings is 1. The van der Waals surface area contributed by atoms with Crippen molar-refractivity contribution >= 4 is 17.7 Å². The summed E-state index contributed by atoms with van der Waals surface area (Å²) in [5.74, 6) is 2.20. The minimum absolute atomic E-state index is 0.112. The number of nitrogens with one attached hydrogen (secondary N) is 2. The second-order valence-corrected chi connectivity index (χ2v) is 6.65. The first-order valence-electron chi connectivity index (χ1n) is 9.42. The SMILES string of the molecule is COc1ccc(C(=O)NCCNc2nc(C)cc(N3CCCCC3)n2)cc1. The van der Waals surface area contributed by atoms with Crippen molar-refractivity contribution in [2.45, 2.75) is 26.2 Å². The summed E-state index contributed by atoms with van der Waals surface area (Å²) in [6, 6.07) is 9.07. The van der Waals surface area contributed by atoms with Gasteiger partial charge in [-0.15, -0.1) is 0 Å². The second kappa shape index (κ2) is 9.21. The average molecular weight is 369 g/mol. The van der Waals surface area contributed by atoms with Crippen LogP contribution in [0.25, 0.3) is 0 Å². The maximum Gasteiger partial charge on any atom is 0.251 e. The number of carbonyl (C=O) groups is 1. The average Bonchev–Trinajstić information content (AvgIpc) is 2.71. The Morgan fingerprint density at radius 2 is 1.85 bits per heavy atom. The normalized spacial score (nSPS) is 13.9. The molecule has 1 fully saturated rings. The molecule has 0 atom stereocenters. The molecule has 0 saturated carbocycles. The number of benzene rings is 1. The third kappa shape index (κ3) is 5.32. The highest BCUT2D eigenvalue weighted by molar-refractivity contribution is 5.94. The Bertz CT molecular complexity index is 757. The molecular formula is C20H27N5O2. The highest BCUT2D eigenvalue weighted by atomic mass is 16.5. The van der Waals surface area contributed by atoms with E-state index in [1.807, 2.05) is 13.0 Å². The van der Waals surface area contributed by atoms with Crippen LogP contribution in [0.4, 0.5) is 11.8 Å². The molecule has 2 aromatic rings. The van der Waals surface area contributed by atoms with E-state index in [-0.39, 0.29) is 5.91 Å². The maximum atomic E-state index is 12.2. The Hall–Kier alpha value is -2.83. The number of nitrogens with zero attached hydrogens (tertiary/aromatic N) is 3. The molecule has 0 bridgehead atoms. The van der Waals surface area contributed by atoms with Crippen LogP contribution in [-0.4, -0.2) is 49.2 Å². The molecule has 2 heterocycles. The molecule has 3 rings (SSSR count). The van der Waals surface area contributed by atoms with Gasteiger partial charge in [0.15, 0.2) is 0 Å². The molecule has 1 aliphatic heterocycles. The molecule has 1 aromatic heterocycles. The van der Waals surface area contributed by atoms with Gasteiger partial charge in [0.2, 0.25) is 5.95 Å². The van der Waals surface area contributed by atoms with Crippen LogP contribution in [0.1, 0.15) is 35.3 Å². The van der Waals surface area contributed by atoms with Gasteiger partial charge in [0.05, 0.1) is 7.11 Å². The fraction of sp³-hybridized carbons (Fsp3) is 0.450. The zero-order valence-electron chi connectivity index (χ0n) is 16.0. The number of aryl methyl sites for hydroxylation is 1. The topological polar surface area (TPSA) is 79.4 Å². The van der Waals surface area contributed by atoms with Crippen molar-refractivity contribution in [1.82, 2.24) is 15.3 Å². The van der Waals surface area contributed by atoms with Crippen molar-refractivity contribution < 1.29 is 9.53 Å². The first-order valence-corrected chi connectivity index (χ1v) is 9.42. The number of aromatic nitrogens is 2. The summed E-state index contributed by atoms with van der Waals surface area (Å²) in [5.41, 5.74) is 1.55. The first-order chi connectivity index (χ1) is 13.2. The zero-order valence-corrected chi connectivity index (χ0v) is 16.0. The van der Waals surface area contributed by atoms with Gasteiger partial charge >= 0.3 is 0 Å². The van der Waals surface area contributed by atoms with E-state index < -0.39 is 0 Å². The predicted molar refractivity (Wildman–Crippen MR) is 107 cm³/mol. The molecule has 1 saturated heterocycles. The summed E-state index contributed by atoms with van der Waals surface area (Å²) in [5, 5.41) is 6.10. The van der Waals surface area contributed by atoms with Crippen LogP contribution in [0.2, 0.25) is 0 Å². The van der Waals surface area contributed by atoms with Crippen molar-refractivity contribution in [2.24, 2.45) is 0 Å². The van der Waals surface area contributed by atoms with E-state index in [9.17, 15) is 4.79 Å². The molecule has 0 aliphatic carbocycles. The number of anilines is 2. The number of methoxy groups -OCH3 is 1. The molecule has 7 heteroatoms.